The number of urea groups is 1. The predicted octanol–water partition coefficient (Wildman–Crippen LogP) is 3.36. The van der Waals surface area contributed by atoms with Gasteiger partial charge in [0, 0.05) is 30.1 Å². The molecule has 3 rings (SSSR count). The van der Waals surface area contributed by atoms with Gasteiger partial charge in [-0.1, -0.05) is 19.1 Å². The number of thiophene rings is 1. The summed E-state index contributed by atoms with van der Waals surface area (Å²) in [5.41, 5.74) is 3.11. The largest absolute Gasteiger partial charge is 0.338 e. The van der Waals surface area contributed by atoms with Crippen LogP contribution < -0.4 is 10.6 Å². The minimum Gasteiger partial charge on any atom is -0.338 e. The zero-order valence-electron chi connectivity index (χ0n) is 13.7. The first-order valence-corrected chi connectivity index (χ1v) is 9.00. The van der Waals surface area contributed by atoms with Crippen molar-refractivity contribution in [2.45, 2.75) is 32.9 Å². The molecule has 1 aliphatic heterocycles. The Morgan fingerprint density at radius 1 is 1.25 bits per heavy atom. The Morgan fingerprint density at radius 3 is 2.88 bits per heavy atom. The number of fused-ring (bicyclic) bond motifs is 1. The molecule has 0 atom stereocenters. The first-order valence-electron chi connectivity index (χ1n) is 8.12. The van der Waals surface area contributed by atoms with E-state index in [1.54, 1.807) is 11.3 Å². The molecular weight excluding hydrogens is 322 g/mol. The highest BCUT2D eigenvalue weighted by Crippen LogP contribution is 2.23. The van der Waals surface area contributed by atoms with Crippen LogP contribution in [0.5, 0.6) is 0 Å². The second-order valence-electron chi connectivity index (χ2n) is 5.79. The Bertz CT molecular complexity index is 728. The average Bonchev–Trinajstić information content (AvgIpc) is 3.12. The van der Waals surface area contributed by atoms with Crippen molar-refractivity contribution >= 4 is 29.0 Å². The van der Waals surface area contributed by atoms with Crippen molar-refractivity contribution in [1.82, 2.24) is 10.2 Å². The number of carbonyl (C=O) groups is 2. The molecule has 0 saturated carbocycles. The molecule has 24 heavy (non-hydrogen) atoms. The molecule has 1 aromatic carbocycles. The second kappa shape index (κ2) is 7.49. The maximum Gasteiger partial charge on any atom is 0.319 e. The quantitative estimate of drug-likeness (QED) is 0.894. The number of hydrogen-bond acceptors (Lipinski definition) is 3. The Kier molecular flexibility index (Phi) is 5.15. The standard InChI is InChI=1S/C18H21N3O2S/c1-2-17(22)21-8-7-13-5-6-15(10-14(13)12-21)20-18(23)19-11-16-4-3-9-24-16/h3-6,9-10H,2,7-8,11-12H2,1H3,(H2,19,20,23). The van der Waals surface area contributed by atoms with Crippen LogP contribution in [-0.2, 0) is 24.3 Å². The highest BCUT2D eigenvalue weighted by atomic mass is 32.1. The molecule has 0 spiro atoms. The monoisotopic (exact) mass is 343 g/mol. The van der Waals surface area contributed by atoms with Crippen molar-refractivity contribution in [2.24, 2.45) is 0 Å². The summed E-state index contributed by atoms with van der Waals surface area (Å²) >= 11 is 1.61. The lowest BCUT2D eigenvalue weighted by Gasteiger charge is -2.29. The molecule has 2 heterocycles. The molecule has 2 N–H and O–H groups in total. The minimum atomic E-state index is -0.222. The lowest BCUT2D eigenvalue weighted by Crippen LogP contribution is -2.35. The SMILES string of the molecule is CCC(=O)N1CCc2ccc(NC(=O)NCc3cccs3)cc2C1. The van der Waals surface area contributed by atoms with Crippen LogP contribution in [0.4, 0.5) is 10.5 Å². The number of nitrogens with one attached hydrogen (secondary N) is 2. The van der Waals surface area contributed by atoms with Crippen LogP contribution in [0.2, 0.25) is 0 Å². The predicted molar refractivity (Wildman–Crippen MR) is 96.0 cm³/mol. The van der Waals surface area contributed by atoms with Crippen molar-refractivity contribution in [3.05, 3.63) is 51.7 Å². The molecule has 5 nitrogen and oxygen atoms in total. The summed E-state index contributed by atoms with van der Waals surface area (Å²) in [6, 6.07) is 9.66. The number of benzene rings is 1. The van der Waals surface area contributed by atoms with E-state index < -0.39 is 0 Å². The number of rotatable bonds is 4. The summed E-state index contributed by atoms with van der Waals surface area (Å²) in [4.78, 5) is 26.9. The molecule has 0 unspecified atom stereocenters. The van der Waals surface area contributed by atoms with Gasteiger partial charge in [0.2, 0.25) is 5.91 Å². The van der Waals surface area contributed by atoms with E-state index >= 15 is 0 Å². The summed E-state index contributed by atoms with van der Waals surface area (Å²) in [7, 11) is 0. The van der Waals surface area contributed by atoms with E-state index in [9.17, 15) is 9.59 Å². The molecule has 126 valence electrons. The van der Waals surface area contributed by atoms with Crippen molar-refractivity contribution in [1.29, 1.82) is 0 Å². The lowest BCUT2D eigenvalue weighted by molar-refractivity contribution is -0.131. The fourth-order valence-electron chi connectivity index (χ4n) is 2.83. The van der Waals surface area contributed by atoms with Crippen molar-refractivity contribution in [3.8, 4) is 0 Å². The number of hydrogen-bond donors (Lipinski definition) is 2. The maximum atomic E-state index is 12.0. The third-order valence-electron chi connectivity index (χ3n) is 4.13. The van der Waals surface area contributed by atoms with Gasteiger partial charge in [0.25, 0.3) is 0 Å². The van der Waals surface area contributed by atoms with E-state index in [0.717, 1.165) is 29.1 Å². The minimum absolute atomic E-state index is 0.174. The van der Waals surface area contributed by atoms with Crippen LogP contribution in [0.25, 0.3) is 0 Å². The molecule has 0 radical (unpaired) electrons. The molecule has 2 aromatic rings. The number of amides is 3. The van der Waals surface area contributed by atoms with Crippen molar-refractivity contribution in [3.63, 3.8) is 0 Å². The summed E-state index contributed by atoms with van der Waals surface area (Å²) < 4.78 is 0. The summed E-state index contributed by atoms with van der Waals surface area (Å²) in [5, 5.41) is 7.70. The average molecular weight is 343 g/mol. The van der Waals surface area contributed by atoms with Gasteiger partial charge in [-0.15, -0.1) is 11.3 Å². The molecule has 3 amide bonds. The third-order valence-corrected chi connectivity index (χ3v) is 5.01. The van der Waals surface area contributed by atoms with E-state index in [1.165, 1.54) is 5.56 Å². The van der Waals surface area contributed by atoms with Gasteiger partial charge < -0.3 is 15.5 Å². The van der Waals surface area contributed by atoms with Gasteiger partial charge in [-0.05, 0) is 41.1 Å². The smallest absolute Gasteiger partial charge is 0.319 e. The first-order chi connectivity index (χ1) is 11.7. The Hall–Kier alpha value is -2.34. The molecule has 0 aliphatic carbocycles. The van der Waals surface area contributed by atoms with Crippen LogP contribution in [0, 0.1) is 0 Å². The second-order valence-corrected chi connectivity index (χ2v) is 6.82. The van der Waals surface area contributed by atoms with Gasteiger partial charge in [-0.25, -0.2) is 4.79 Å². The van der Waals surface area contributed by atoms with E-state index in [2.05, 4.69) is 10.6 Å². The van der Waals surface area contributed by atoms with Crippen molar-refractivity contribution < 1.29 is 9.59 Å². The van der Waals surface area contributed by atoms with Gasteiger partial charge in [0.15, 0.2) is 0 Å². The normalized spacial score (nSPS) is 13.3. The van der Waals surface area contributed by atoms with Crippen LogP contribution in [0.3, 0.4) is 0 Å². The van der Waals surface area contributed by atoms with Gasteiger partial charge >= 0.3 is 6.03 Å². The Balaban J connectivity index is 1.61. The molecule has 6 heteroatoms. The van der Waals surface area contributed by atoms with E-state index in [1.807, 2.05) is 47.5 Å². The van der Waals surface area contributed by atoms with Gasteiger partial charge in [0.05, 0.1) is 6.54 Å². The fraction of sp³-hybridized carbons (Fsp3) is 0.333. The van der Waals surface area contributed by atoms with Crippen molar-refractivity contribution in [2.75, 3.05) is 11.9 Å². The summed E-state index contributed by atoms with van der Waals surface area (Å²) in [6.45, 7) is 3.79. The summed E-state index contributed by atoms with van der Waals surface area (Å²) in [5.74, 6) is 0.174. The van der Waals surface area contributed by atoms with Crippen LogP contribution in [0.1, 0.15) is 29.3 Å². The molecule has 0 bridgehead atoms. The zero-order chi connectivity index (χ0) is 16.9. The fourth-order valence-corrected chi connectivity index (χ4v) is 3.47. The summed E-state index contributed by atoms with van der Waals surface area (Å²) in [6.07, 6.45) is 1.39. The molecular formula is C18H21N3O2S. The van der Waals surface area contributed by atoms with E-state index in [0.29, 0.717) is 19.5 Å². The lowest BCUT2D eigenvalue weighted by atomic mass is 9.99. The Morgan fingerprint density at radius 2 is 2.12 bits per heavy atom. The maximum absolute atomic E-state index is 12.0. The highest BCUT2D eigenvalue weighted by molar-refractivity contribution is 7.09. The van der Waals surface area contributed by atoms with Crippen LogP contribution >= 0.6 is 11.3 Å². The van der Waals surface area contributed by atoms with Gasteiger partial charge in [-0.3, -0.25) is 4.79 Å². The number of nitrogens with zero attached hydrogens (tertiary/aromatic N) is 1. The van der Waals surface area contributed by atoms with E-state index in [-0.39, 0.29) is 11.9 Å². The molecule has 1 aliphatic rings. The topological polar surface area (TPSA) is 61.4 Å². The third kappa shape index (κ3) is 3.94. The first kappa shape index (κ1) is 16.5. The van der Waals surface area contributed by atoms with Crippen LogP contribution in [0.15, 0.2) is 35.7 Å². The van der Waals surface area contributed by atoms with Gasteiger partial charge in [-0.2, -0.15) is 0 Å². The Labute approximate surface area is 145 Å². The highest BCUT2D eigenvalue weighted by Gasteiger charge is 2.19. The van der Waals surface area contributed by atoms with Gasteiger partial charge in [0.1, 0.15) is 0 Å². The number of anilines is 1. The molecule has 0 saturated heterocycles. The molecule has 0 fully saturated rings. The zero-order valence-corrected chi connectivity index (χ0v) is 14.5. The van der Waals surface area contributed by atoms with Crippen LogP contribution in [-0.4, -0.2) is 23.4 Å². The number of carbonyl (C=O) groups excluding carboxylic acids is 2. The van der Waals surface area contributed by atoms with E-state index in [4.69, 9.17) is 0 Å². The molecule has 1 aromatic heterocycles.